The number of rotatable bonds is 4. The molecule has 0 aliphatic carbocycles. The molecule has 2 nitrogen and oxygen atoms in total. The van der Waals surface area contributed by atoms with Gasteiger partial charge in [-0.15, -0.1) is 11.3 Å². The summed E-state index contributed by atoms with van der Waals surface area (Å²) in [6.45, 7) is 2.08. The Bertz CT molecular complexity index is 702. The van der Waals surface area contributed by atoms with Gasteiger partial charge in [0.25, 0.3) is 0 Å². The normalized spacial score (nSPS) is 12.3. The Labute approximate surface area is 129 Å². The van der Waals surface area contributed by atoms with Gasteiger partial charge in [0.15, 0.2) is 0 Å². The van der Waals surface area contributed by atoms with E-state index in [0.717, 1.165) is 22.7 Å². The first-order chi connectivity index (χ1) is 10.3. The van der Waals surface area contributed by atoms with Crippen molar-refractivity contribution < 1.29 is 0 Å². The smallest absolute Gasteiger partial charge is 0.110 e. The van der Waals surface area contributed by atoms with Crippen LogP contribution < -0.4 is 5.73 Å². The Morgan fingerprint density at radius 3 is 2.24 bits per heavy atom. The van der Waals surface area contributed by atoms with Gasteiger partial charge in [0, 0.05) is 10.9 Å². The van der Waals surface area contributed by atoms with E-state index in [-0.39, 0.29) is 6.04 Å². The molecule has 0 saturated carbocycles. The minimum atomic E-state index is 0.0485. The quantitative estimate of drug-likeness (QED) is 0.744. The maximum atomic E-state index is 6.03. The molecule has 1 unspecified atom stereocenters. The first kappa shape index (κ1) is 14.0. The number of nitrogens with zero attached hydrogens (tertiary/aromatic N) is 1. The zero-order valence-electron chi connectivity index (χ0n) is 12.0. The SMILES string of the molecule is CCC(N)c1nc(-c2ccc(-c3ccccc3)cc2)cs1. The summed E-state index contributed by atoms with van der Waals surface area (Å²) in [5, 5.41) is 3.10. The summed E-state index contributed by atoms with van der Waals surface area (Å²) in [4.78, 5) is 4.65. The summed E-state index contributed by atoms with van der Waals surface area (Å²) < 4.78 is 0. The van der Waals surface area contributed by atoms with Crippen molar-refractivity contribution >= 4 is 11.3 Å². The first-order valence-electron chi connectivity index (χ1n) is 7.15. The Hall–Kier alpha value is -1.97. The van der Waals surface area contributed by atoms with Crippen LogP contribution in [0.1, 0.15) is 24.4 Å². The van der Waals surface area contributed by atoms with Crippen molar-refractivity contribution in [1.29, 1.82) is 0 Å². The van der Waals surface area contributed by atoms with Gasteiger partial charge in [-0.25, -0.2) is 4.98 Å². The average molecular weight is 294 g/mol. The molecule has 21 heavy (non-hydrogen) atoms. The molecule has 0 amide bonds. The van der Waals surface area contributed by atoms with Crippen molar-refractivity contribution in [3.8, 4) is 22.4 Å². The van der Waals surface area contributed by atoms with Crippen LogP contribution in [0, 0.1) is 0 Å². The number of hydrogen-bond acceptors (Lipinski definition) is 3. The lowest BCUT2D eigenvalue weighted by atomic mass is 10.0. The van der Waals surface area contributed by atoms with E-state index in [1.54, 1.807) is 11.3 Å². The van der Waals surface area contributed by atoms with E-state index in [9.17, 15) is 0 Å². The molecule has 3 aromatic rings. The second-order valence-corrected chi connectivity index (χ2v) is 5.92. The van der Waals surface area contributed by atoms with Crippen molar-refractivity contribution in [1.82, 2.24) is 4.98 Å². The molecular formula is C18H18N2S. The molecular weight excluding hydrogens is 276 g/mol. The van der Waals surface area contributed by atoms with Crippen LogP contribution in [0.15, 0.2) is 60.0 Å². The highest BCUT2D eigenvalue weighted by atomic mass is 32.1. The summed E-state index contributed by atoms with van der Waals surface area (Å²) in [6.07, 6.45) is 0.917. The Morgan fingerprint density at radius 2 is 1.57 bits per heavy atom. The highest BCUT2D eigenvalue weighted by molar-refractivity contribution is 7.10. The maximum absolute atomic E-state index is 6.03. The first-order valence-corrected chi connectivity index (χ1v) is 8.02. The molecule has 1 heterocycles. The minimum Gasteiger partial charge on any atom is -0.322 e. The zero-order valence-corrected chi connectivity index (χ0v) is 12.8. The van der Waals surface area contributed by atoms with Crippen LogP contribution in [-0.2, 0) is 0 Å². The van der Waals surface area contributed by atoms with E-state index in [4.69, 9.17) is 5.73 Å². The topological polar surface area (TPSA) is 38.9 Å². The van der Waals surface area contributed by atoms with Gasteiger partial charge in [0.2, 0.25) is 0 Å². The Balaban J connectivity index is 1.86. The number of thiazole rings is 1. The number of nitrogens with two attached hydrogens (primary N) is 1. The fourth-order valence-corrected chi connectivity index (χ4v) is 3.14. The third kappa shape index (κ3) is 3.04. The molecule has 2 aromatic carbocycles. The third-order valence-electron chi connectivity index (χ3n) is 3.57. The molecule has 106 valence electrons. The van der Waals surface area contributed by atoms with Crippen molar-refractivity contribution in [3.63, 3.8) is 0 Å². The Morgan fingerprint density at radius 1 is 0.952 bits per heavy atom. The van der Waals surface area contributed by atoms with Crippen LogP contribution in [0.4, 0.5) is 0 Å². The summed E-state index contributed by atoms with van der Waals surface area (Å²) in [7, 11) is 0. The number of benzene rings is 2. The lowest BCUT2D eigenvalue weighted by molar-refractivity contribution is 0.693. The van der Waals surface area contributed by atoms with Crippen molar-refractivity contribution in [2.75, 3.05) is 0 Å². The van der Waals surface area contributed by atoms with Crippen LogP contribution in [0.25, 0.3) is 22.4 Å². The monoisotopic (exact) mass is 294 g/mol. The van der Waals surface area contributed by atoms with Crippen molar-refractivity contribution in [3.05, 3.63) is 65.0 Å². The number of aromatic nitrogens is 1. The highest BCUT2D eigenvalue weighted by Gasteiger charge is 2.10. The summed E-state index contributed by atoms with van der Waals surface area (Å²) in [6, 6.07) is 19.0. The van der Waals surface area contributed by atoms with Crippen LogP contribution in [0.3, 0.4) is 0 Å². The van der Waals surface area contributed by atoms with Crippen LogP contribution >= 0.6 is 11.3 Å². The van der Waals surface area contributed by atoms with Crippen molar-refractivity contribution in [2.45, 2.75) is 19.4 Å². The average Bonchev–Trinajstić information content (AvgIpc) is 3.05. The van der Waals surface area contributed by atoms with Gasteiger partial charge in [0.1, 0.15) is 5.01 Å². The van der Waals surface area contributed by atoms with Crippen molar-refractivity contribution in [2.24, 2.45) is 5.73 Å². The molecule has 0 aliphatic rings. The van der Waals surface area contributed by atoms with E-state index in [2.05, 4.69) is 65.8 Å². The standard InChI is InChI=1S/C18H18N2S/c1-2-16(19)18-20-17(12-21-18)15-10-8-14(9-11-15)13-6-4-3-5-7-13/h3-12,16H,2,19H2,1H3. The van der Waals surface area contributed by atoms with Crippen LogP contribution in [0.5, 0.6) is 0 Å². The van der Waals surface area contributed by atoms with E-state index in [1.165, 1.54) is 11.1 Å². The molecule has 0 saturated heterocycles. The molecule has 1 aromatic heterocycles. The lowest BCUT2D eigenvalue weighted by Gasteiger charge is -2.04. The summed E-state index contributed by atoms with van der Waals surface area (Å²) in [5.41, 5.74) is 10.6. The van der Waals surface area contributed by atoms with Crippen LogP contribution in [-0.4, -0.2) is 4.98 Å². The zero-order chi connectivity index (χ0) is 14.7. The fraction of sp³-hybridized carbons (Fsp3) is 0.167. The lowest BCUT2D eigenvalue weighted by Crippen LogP contribution is -2.07. The molecule has 0 bridgehead atoms. The largest absolute Gasteiger partial charge is 0.322 e. The molecule has 1 atom stereocenters. The fourth-order valence-electron chi connectivity index (χ4n) is 2.23. The van der Waals surface area contributed by atoms with E-state index in [1.807, 2.05) is 6.07 Å². The molecule has 0 fully saturated rings. The third-order valence-corrected chi connectivity index (χ3v) is 4.54. The molecule has 3 rings (SSSR count). The van der Waals surface area contributed by atoms with Gasteiger partial charge < -0.3 is 5.73 Å². The maximum Gasteiger partial charge on any atom is 0.110 e. The second kappa shape index (κ2) is 6.20. The predicted molar refractivity (Wildman–Crippen MR) is 90.2 cm³/mol. The summed E-state index contributed by atoms with van der Waals surface area (Å²) in [5.74, 6) is 0. The molecule has 0 radical (unpaired) electrons. The Kier molecular flexibility index (Phi) is 4.13. The van der Waals surface area contributed by atoms with Crippen LogP contribution in [0.2, 0.25) is 0 Å². The van der Waals surface area contributed by atoms with Gasteiger partial charge in [-0.1, -0.05) is 61.5 Å². The second-order valence-electron chi connectivity index (χ2n) is 5.03. The molecule has 0 spiro atoms. The minimum absolute atomic E-state index is 0.0485. The van der Waals surface area contributed by atoms with Gasteiger partial charge >= 0.3 is 0 Å². The van der Waals surface area contributed by atoms with E-state index < -0.39 is 0 Å². The molecule has 3 heteroatoms. The van der Waals surface area contributed by atoms with E-state index in [0.29, 0.717) is 0 Å². The molecule has 0 aliphatic heterocycles. The summed E-state index contributed by atoms with van der Waals surface area (Å²) >= 11 is 1.64. The van der Waals surface area contributed by atoms with Gasteiger partial charge in [0.05, 0.1) is 11.7 Å². The molecule has 2 N–H and O–H groups in total. The van der Waals surface area contributed by atoms with Gasteiger partial charge in [-0.3, -0.25) is 0 Å². The van der Waals surface area contributed by atoms with E-state index >= 15 is 0 Å². The van der Waals surface area contributed by atoms with Gasteiger partial charge in [-0.05, 0) is 17.5 Å². The number of hydrogen-bond donors (Lipinski definition) is 1. The highest BCUT2D eigenvalue weighted by Crippen LogP contribution is 2.28. The van der Waals surface area contributed by atoms with Gasteiger partial charge in [-0.2, -0.15) is 0 Å². The predicted octanol–water partition coefficient (Wildman–Crippen LogP) is 4.89.